The Morgan fingerprint density at radius 1 is 1.27 bits per heavy atom. The van der Waals surface area contributed by atoms with Gasteiger partial charge in [0.05, 0.1) is 0 Å². The van der Waals surface area contributed by atoms with E-state index in [0.717, 1.165) is 6.42 Å². The summed E-state index contributed by atoms with van der Waals surface area (Å²) in [5, 5.41) is 4.14. The zero-order chi connectivity index (χ0) is 7.68. The summed E-state index contributed by atoms with van der Waals surface area (Å²) in [6, 6.07) is 0. The molecule has 2 heterocycles. The van der Waals surface area contributed by atoms with Crippen LogP contribution in [-0.4, -0.2) is 5.97 Å². The lowest BCUT2D eigenvalue weighted by molar-refractivity contribution is -0.144. The van der Waals surface area contributed by atoms with E-state index in [2.05, 4.69) is 5.38 Å². The lowest BCUT2D eigenvalue weighted by Gasteiger charge is -1.96. The van der Waals surface area contributed by atoms with Crippen molar-refractivity contribution in [2.75, 3.05) is 0 Å². The van der Waals surface area contributed by atoms with E-state index in [1.54, 1.807) is 11.3 Å². The Hall–Kier alpha value is -0.830. The van der Waals surface area contributed by atoms with Crippen LogP contribution in [-0.2, 0) is 22.6 Å². The summed E-state index contributed by atoms with van der Waals surface area (Å²) in [5.74, 6) is -0.0776. The van der Waals surface area contributed by atoms with E-state index in [4.69, 9.17) is 4.74 Å². The fourth-order valence-electron chi connectivity index (χ4n) is 1.16. The predicted molar refractivity (Wildman–Crippen MR) is 42.4 cm³/mol. The number of hydrogen-bond donors (Lipinski definition) is 0. The van der Waals surface area contributed by atoms with Gasteiger partial charge in [0.2, 0.25) is 0 Å². The van der Waals surface area contributed by atoms with E-state index < -0.39 is 0 Å². The van der Waals surface area contributed by atoms with Gasteiger partial charge >= 0.3 is 5.97 Å². The molecule has 0 bridgehead atoms. The number of esters is 1. The maximum absolute atomic E-state index is 10.8. The number of cyclic esters (lactones) is 1. The maximum Gasteiger partial charge on any atom is 0.306 e. The standard InChI is InChI=1S/C8H8O2S/c9-8-2-1-6-4-11-5-7(6)3-10-8/h4-5H,1-3H2. The molecule has 2 rings (SSSR count). The highest BCUT2D eigenvalue weighted by atomic mass is 32.1. The minimum absolute atomic E-state index is 0.0776. The third kappa shape index (κ3) is 1.28. The Kier molecular flexibility index (Phi) is 1.66. The van der Waals surface area contributed by atoms with Gasteiger partial charge in [-0.05, 0) is 22.7 Å². The van der Waals surface area contributed by atoms with Gasteiger partial charge in [-0.25, -0.2) is 0 Å². The van der Waals surface area contributed by atoms with Crippen molar-refractivity contribution in [2.45, 2.75) is 19.4 Å². The van der Waals surface area contributed by atoms with Crippen molar-refractivity contribution in [3.8, 4) is 0 Å². The molecule has 0 aliphatic carbocycles. The fraction of sp³-hybridized carbons (Fsp3) is 0.375. The normalized spacial score (nSPS) is 16.9. The van der Waals surface area contributed by atoms with E-state index in [-0.39, 0.29) is 5.97 Å². The molecule has 1 aliphatic rings. The molecule has 1 aromatic rings. The monoisotopic (exact) mass is 168 g/mol. The van der Waals surface area contributed by atoms with Crippen LogP contribution in [0.15, 0.2) is 10.8 Å². The van der Waals surface area contributed by atoms with E-state index in [1.807, 2.05) is 5.38 Å². The van der Waals surface area contributed by atoms with Crippen molar-refractivity contribution in [1.82, 2.24) is 0 Å². The second-order valence-corrected chi connectivity index (χ2v) is 3.33. The zero-order valence-corrected chi connectivity index (χ0v) is 6.82. The summed E-state index contributed by atoms with van der Waals surface area (Å²) in [7, 11) is 0. The molecule has 0 saturated heterocycles. The van der Waals surface area contributed by atoms with Crippen molar-refractivity contribution in [3.05, 3.63) is 21.9 Å². The van der Waals surface area contributed by atoms with Gasteiger partial charge in [0.1, 0.15) is 6.61 Å². The summed E-state index contributed by atoms with van der Waals surface area (Å²) < 4.78 is 4.96. The number of thiophene rings is 1. The van der Waals surface area contributed by atoms with Gasteiger partial charge in [0.15, 0.2) is 0 Å². The van der Waals surface area contributed by atoms with Crippen LogP contribution in [0, 0.1) is 0 Å². The zero-order valence-electron chi connectivity index (χ0n) is 6.00. The molecule has 0 spiro atoms. The van der Waals surface area contributed by atoms with Gasteiger partial charge < -0.3 is 4.74 Å². The molecule has 0 unspecified atom stereocenters. The molecule has 0 atom stereocenters. The van der Waals surface area contributed by atoms with Gasteiger partial charge in [0.25, 0.3) is 0 Å². The SMILES string of the molecule is O=C1CCc2cscc2CO1. The minimum atomic E-state index is -0.0776. The van der Waals surface area contributed by atoms with Crippen molar-refractivity contribution >= 4 is 17.3 Å². The average molecular weight is 168 g/mol. The Morgan fingerprint density at radius 3 is 3.00 bits per heavy atom. The van der Waals surface area contributed by atoms with Crippen molar-refractivity contribution in [3.63, 3.8) is 0 Å². The number of ether oxygens (including phenoxy) is 1. The van der Waals surface area contributed by atoms with E-state index in [1.165, 1.54) is 11.1 Å². The lowest BCUT2D eigenvalue weighted by Crippen LogP contribution is -2.00. The number of aryl methyl sites for hydroxylation is 1. The largest absolute Gasteiger partial charge is 0.461 e. The van der Waals surface area contributed by atoms with Crippen LogP contribution in [0.5, 0.6) is 0 Å². The first kappa shape index (κ1) is 6.85. The molecule has 3 heteroatoms. The van der Waals surface area contributed by atoms with E-state index in [9.17, 15) is 4.79 Å². The van der Waals surface area contributed by atoms with Crippen molar-refractivity contribution < 1.29 is 9.53 Å². The van der Waals surface area contributed by atoms with E-state index >= 15 is 0 Å². The average Bonchev–Trinajstić information content (AvgIpc) is 2.38. The van der Waals surface area contributed by atoms with Crippen LogP contribution in [0.25, 0.3) is 0 Å². The van der Waals surface area contributed by atoms with Crippen LogP contribution in [0.3, 0.4) is 0 Å². The summed E-state index contributed by atoms with van der Waals surface area (Å²) in [4.78, 5) is 10.8. The summed E-state index contributed by atoms with van der Waals surface area (Å²) >= 11 is 1.67. The van der Waals surface area contributed by atoms with Crippen molar-refractivity contribution in [1.29, 1.82) is 0 Å². The van der Waals surface area contributed by atoms with Gasteiger partial charge in [-0.3, -0.25) is 4.79 Å². The second kappa shape index (κ2) is 2.66. The molecular formula is C8H8O2S. The molecule has 0 fully saturated rings. The Labute approximate surface area is 68.8 Å². The Morgan fingerprint density at radius 2 is 2.09 bits per heavy atom. The summed E-state index contributed by atoms with van der Waals surface area (Å²) in [6.45, 7) is 0.470. The minimum Gasteiger partial charge on any atom is -0.461 e. The number of rotatable bonds is 0. The molecule has 1 aromatic heterocycles. The third-order valence-corrected chi connectivity index (χ3v) is 2.66. The first-order valence-electron chi connectivity index (χ1n) is 3.56. The maximum atomic E-state index is 10.8. The number of hydrogen-bond acceptors (Lipinski definition) is 3. The molecule has 0 saturated carbocycles. The first-order chi connectivity index (χ1) is 5.36. The van der Waals surface area contributed by atoms with Crippen LogP contribution < -0.4 is 0 Å². The fourth-order valence-corrected chi connectivity index (χ4v) is 2.05. The number of carbonyl (C=O) groups excluding carboxylic acids is 1. The molecule has 0 radical (unpaired) electrons. The highest BCUT2D eigenvalue weighted by molar-refractivity contribution is 7.08. The second-order valence-electron chi connectivity index (χ2n) is 2.58. The van der Waals surface area contributed by atoms with Crippen LogP contribution in [0.2, 0.25) is 0 Å². The number of carbonyl (C=O) groups is 1. The van der Waals surface area contributed by atoms with Gasteiger partial charge in [-0.2, -0.15) is 11.3 Å². The topological polar surface area (TPSA) is 26.3 Å². The quantitative estimate of drug-likeness (QED) is 0.551. The Balaban J connectivity index is 2.27. The summed E-state index contributed by atoms with van der Waals surface area (Å²) in [5.41, 5.74) is 2.46. The van der Waals surface area contributed by atoms with Gasteiger partial charge in [0, 0.05) is 12.0 Å². The predicted octanol–water partition coefficient (Wildman–Crippen LogP) is 1.74. The highest BCUT2D eigenvalue weighted by Gasteiger charge is 2.13. The third-order valence-electron chi connectivity index (χ3n) is 1.82. The molecule has 58 valence electrons. The highest BCUT2D eigenvalue weighted by Crippen LogP contribution is 2.20. The van der Waals surface area contributed by atoms with Crippen LogP contribution in [0.1, 0.15) is 17.5 Å². The molecule has 2 nitrogen and oxygen atoms in total. The molecule has 0 aromatic carbocycles. The summed E-state index contributed by atoms with van der Waals surface area (Å²) in [6.07, 6.45) is 1.38. The molecule has 0 N–H and O–H groups in total. The first-order valence-corrected chi connectivity index (χ1v) is 4.50. The van der Waals surface area contributed by atoms with Gasteiger partial charge in [-0.1, -0.05) is 0 Å². The Bertz CT molecular complexity index is 253. The van der Waals surface area contributed by atoms with E-state index in [0.29, 0.717) is 13.0 Å². The molecular weight excluding hydrogens is 160 g/mol. The number of fused-ring (bicyclic) bond motifs is 1. The van der Waals surface area contributed by atoms with Crippen LogP contribution in [0.4, 0.5) is 0 Å². The smallest absolute Gasteiger partial charge is 0.306 e. The molecule has 1 aliphatic heterocycles. The molecule has 0 amide bonds. The van der Waals surface area contributed by atoms with Gasteiger partial charge in [-0.15, -0.1) is 0 Å². The lowest BCUT2D eigenvalue weighted by atomic mass is 10.1. The molecule has 11 heavy (non-hydrogen) atoms. The van der Waals surface area contributed by atoms with Crippen molar-refractivity contribution in [2.24, 2.45) is 0 Å². The van der Waals surface area contributed by atoms with Crippen LogP contribution >= 0.6 is 11.3 Å².